The van der Waals surface area contributed by atoms with E-state index in [1.807, 2.05) is 6.92 Å². The van der Waals surface area contributed by atoms with Crippen molar-refractivity contribution in [1.29, 1.82) is 0 Å². The summed E-state index contributed by atoms with van der Waals surface area (Å²) in [6.07, 6.45) is 2.13. The Hall–Kier alpha value is -3.40. The molecule has 9 nitrogen and oxygen atoms in total. The highest BCUT2D eigenvalue weighted by Gasteiger charge is 2.36. The molecule has 0 bridgehead atoms. The molecule has 1 aliphatic rings. The number of rotatable bonds is 7. The number of furan rings is 1. The van der Waals surface area contributed by atoms with E-state index in [-0.39, 0.29) is 28.7 Å². The maximum Gasteiger partial charge on any atom is 0.294 e. The van der Waals surface area contributed by atoms with Crippen molar-refractivity contribution in [3.63, 3.8) is 0 Å². The lowest BCUT2D eigenvalue weighted by molar-refractivity contribution is -0.384. The van der Waals surface area contributed by atoms with E-state index < -0.39 is 22.0 Å². The molecule has 2 heterocycles. The van der Waals surface area contributed by atoms with Gasteiger partial charge in [-0.2, -0.15) is 0 Å². The van der Waals surface area contributed by atoms with E-state index >= 15 is 0 Å². The molecular weight excluding hydrogens is 398 g/mol. The summed E-state index contributed by atoms with van der Waals surface area (Å²) in [4.78, 5) is 48.0. The van der Waals surface area contributed by atoms with Crippen LogP contribution in [-0.4, -0.2) is 40.0 Å². The Balaban J connectivity index is 1.78. The predicted octanol–water partition coefficient (Wildman–Crippen LogP) is 3.42. The van der Waals surface area contributed by atoms with Gasteiger partial charge in [0, 0.05) is 18.7 Å². The van der Waals surface area contributed by atoms with Gasteiger partial charge in [0.1, 0.15) is 18.1 Å². The summed E-state index contributed by atoms with van der Waals surface area (Å²) >= 11 is 0.706. The quantitative estimate of drug-likeness (QED) is 0.417. The molecule has 29 heavy (non-hydrogen) atoms. The summed E-state index contributed by atoms with van der Waals surface area (Å²) in [5.74, 6) is -0.469. The smallest absolute Gasteiger partial charge is 0.294 e. The topological polar surface area (TPSA) is 123 Å². The number of nitro benzene ring substituents is 1. The summed E-state index contributed by atoms with van der Waals surface area (Å²) in [7, 11) is 0. The minimum atomic E-state index is -0.588. The first kappa shape index (κ1) is 20.3. The number of amides is 3. The van der Waals surface area contributed by atoms with E-state index in [1.165, 1.54) is 12.1 Å². The lowest BCUT2D eigenvalue weighted by atomic mass is 10.1. The van der Waals surface area contributed by atoms with Crippen LogP contribution in [0.3, 0.4) is 0 Å². The highest BCUT2D eigenvalue weighted by molar-refractivity contribution is 8.18. The third-order valence-electron chi connectivity index (χ3n) is 4.01. The SMILES string of the molecule is CCCNC(=O)CN1C(=O)S/C(=C\c2ccc(-c3ccccc3[N+](=O)[O-])o2)C1=O. The van der Waals surface area contributed by atoms with Crippen LogP contribution in [0.2, 0.25) is 0 Å². The molecule has 1 aliphatic heterocycles. The van der Waals surface area contributed by atoms with Crippen molar-refractivity contribution in [2.75, 3.05) is 13.1 Å². The van der Waals surface area contributed by atoms with Gasteiger partial charge in [-0.25, -0.2) is 0 Å². The summed E-state index contributed by atoms with van der Waals surface area (Å²) in [6.45, 7) is 2.01. The number of nitrogens with zero attached hydrogens (tertiary/aromatic N) is 2. The molecule has 1 N–H and O–H groups in total. The molecule has 0 saturated carbocycles. The number of benzene rings is 1. The van der Waals surface area contributed by atoms with E-state index in [0.29, 0.717) is 23.9 Å². The van der Waals surface area contributed by atoms with Crippen LogP contribution in [0.4, 0.5) is 10.5 Å². The van der Waals surface area contributed by atoms with Crippen LogP contribution >= 0.6 is 11.8 Å². The van der Waals surface area contributed by atoms with Crippen molar-refractivity contribution in [3.8, 4) is 11.3 Å². The van der Waals surface area contributed by atoms with Gasteiger partial charge in [-0.1, -0.05) is 19.1 Å². The lowest BCUT2D eigenvalue weighted by Gasteiger charge is -2.11. The number of hydrogen-bond acceptors (Lipinski definition) is 7. The van der Waals surface area contributed by atoms with Gasteiger partial charge in [-0.3, -0.25) is 29.4 Å². The Bertz CT molecular complexity index is 1010. The summed E-state index contributed by atoms with van der Waals surface area (Å²) in [5.41, 5.74) is 0.199. The van der Waals surface area contributed by atoms with Gasteiger partial charge in [0.25, 0.3) is 16.8 Å². The molecule has 10 heteroatoms. The Morgan fingerprint density at radius 2 is 2.03 bits per heavy atom. The van der Waals surface area contributed by atoms with E-state index in [0.717, 1.165) is 11.3 Å². The van der Waals surface area contributed by atoms with Crippen molar-refractivity contribution in [2.45, 2.75) is 13.3 Å². The average molecular weight is 415 g/mol. The Kier molecular flexibility index (Phi) is 6.13. The largest absolute Gasteiger partial charge is 0.456 e. The van der Waals surface area contributed by atoms with Crippen molar-refractivity contribution < 1.29 is 23.7 Å². The average Bonchev–Trinajstić information content (AvgIpc) is 3.26. The number of para-hydroxylation sites is 1. The van der Waals surface area contributed by atoms with Crippen LogP contribution in [0.15, 0.2) is 45.7 Å². The van der Waals surface area contributed by atoms with Gasteiger partial charge >= 0.3 is 0 Å². The van der Waals surface area contributed by atoms with Gasteiger partial charge < -0.3 is 9.73 Å². The Labute approximate surface area is 169 Å². The zero-order valence-corrected chi connectivity index (χ0v) is 16.2. The first-order valence-electron chi connectivity index (χ1n) is 8.76. The molecule has 0 spiro atoms. The maximum atomic E-state index is 12.5. The first-order chi connectivity index (χ1) is 13.9. The highest BCUT2D eigenvalue weighted by Crippen LogP contribution is 2.35. The molecule has 0 unspecified atom stereocenters. The van der Waals surface area contributed by atoms with Crippen molar-refractivity contribution in [1.82, 2.24) is 10.2 Å². The monoisotopic (exact) mass is 415 g/mol. The van der Waals surface area contributed by atoms with Crippen LogP contribution in [0.5, 0.6) is 0 Å². The summed E-state index contributed by atoms with van der Waals surface area (Å²) in [6, 6.07) is 9.23. The zero-order valence-electron chi connectivity index (χ0n) is 15.4. The van der Waals surface area contributed by atoms with E-state index in [4.69, 9.17) is 4.42 Å². The van der Waals surface area contributed by atoms with Crippen LogP contribution in [0.1, 0.15) is 19.1 Å². The summed E-state index contributed by atoms with van der Waals surface area (Å²) < 4.78 is 5.62. The highest BCUT2D eigenvalue weighted by atomic mass is 32.2. The van der Waals surface area contributed by atoms with Crippen molar-refractivity contribution in [3.05, 3.63) is 57.2 Å². The molecule has 0 aliphatic carbocycles. The van der Waals surface area contributed by atoms with Crippen molar-refractivity contribution >= 4 is 40.6 Å². The fourth-order valence-electron chi connectivity index (χ4n) is 2.65. The molecule has 150 valence electrons. The number of nitrogens with one attached hydrogen (secondary N) is 1. The van der Waals surface area contributed by atoms with E-state index in [9.17, 15) is 24.5 Å². The summed E-state index contributed by atoms with van der Waals surface area (Å²) in [5, 5.41) is 13.2. The van der Waals surface area contributed by atoms with E-state index in [2.05, 4.69) is 5.32 Å². The van der Waals surface area contributed by atoms with Gasteiger partial charge in [0.2, 0.25) is 5.91 Å². The normalized spacial score (nSPS) is 15.2. The molecule has 1 aromatic carbocycles. The molecule has 3 amide bonds. The minimum Gasteiger partial charge on any atom is -0.456 e. The van der Waals surface area contributed by atoms with E-state index in [1.54, 1.807) is 30.3 Å². The van der Waals surface area contributed by atoms with Gasteiger partial charge in [0.15, 0.2) is 0 Å². The number of carbonyl (C=O) groups is 3. The van der Waals surface area contributed by atoms with Gasteiger partial charge in [0.05, 0.1) is 15.4 Å². The minimum absolute atomic E-state index is 0.105. The Morgan fingerprint density at radius 3 is 2.76 bits per heavy atom. The molecule has 1 fully saturated rings. The molecular formula is C19H17N3O6S. The molecule has 2 aromatic rings. The zero-order chi connectivity index (χ0) is 21.0. The number of imide groups is 1. The number of nitro groups is 1. The molecule has 0 radical (unpaired) electrons. The standard InChI is InChI=1S/C19H17N3O6S/c1-2-9-20-17(23)11-21-18(24)16(29-19(21)25)10-12-7-8-15(28-12)13-5-3-4-6-14(13)22(26)27/h3-8,10H,2,9,11H2,1H3,(H,20,23)/b16-10-. The van der Waals surface area contributed by atoms with Crippen LogP contribution < -0.4 is 5.32 Å². The number of thioether (sulfide) groups is 1. The molecule has 0 atom stereocenters. The van der Waals surface area contributed by atoms with Crippen LogP contribution in [0, 0.1) is 10.1 Å². The molecule has 3 rings (SSSR count). The number of carbonyl (C=O) groups excluding carboxylic acids is 3. The second kappa shape index (κ2) is 8.74. The van der Waals surface area contributed by atoms with Crippen molar-refractivity contribution in [2.24, 2.45) is 0 Å². The van der Waals surface area contributed by atoms with Crippen LogP contribution in [0.25, 0.3) is 17.4 Å². The third kappa shape index (κ3) is 4.54. The molecule has 1 saturated heterocycles. The molecule has 1 aromatic heterocycles. The van der Waals surface area contributed by atoms with Gasteiger partial charge in [-0.05, 0) is 36.4 Å². The maximum absolute atomic E-state index is 12.5. The third-order valence-corrected chi connectivity index (χ3v) is 4.92. The van der Waals surface area contributed by atoms with Crippen LogP contribution in [-0.2, 0) is 9.59 Å². The number of hydrogen-bond donors (Lipinski definition) is 1. The fourth-order valence-corrected chi connectivity index (χ4v) is 3.46. The Morgan fingerprint density at radius 1 is 1.28 bits per heavy atom. The second-order valence-electron chi connectivity index (χ2n) is 6.09. The lowest BCUT2D eigenvalue weighted by Crippen LogP contribution is -2.39. The fraction of sp³-hybridized carbons (Fsp3) is 0.211. The second-order valence-corrected chi connectivity index (χ2v) is 7.09. The predicted molar refractivity (Wildman–Crippen MR) is 107 cm³/mol. The van der Waals surface area contributed by atoms with Gasteiger partial charge in [-0.15, -0.1) is 0 Å². The first-order valence-corrected chi connectivity index (χ1v) is 9.58.